The maximum Gasteiger partial charge on any atom is 0.309 e. The number of carbonyl (C=O) groups is 1. The number of ether oxygens (including phenoxy) is 1. The van der Waals surface area contributed by atoms with Gasteiger partial charge in [0.15, 0.2) is 0 Å². The van der Waals surface area contributed by atoms with Gasteiger partial charge in [-0.25, -0.2) is 0 Å². The lowest BCUT2D eigenvalue weighted by Crippen LogP contribution is -2.60. The Morgan fingerprint density at radius 3 is 2.22 bits per heavy atom. The van der Waals surface area contributed by atoms with Gasteiger partial charge in [-0.3, -0.25) is 4.79 Å². The first kappa shape index (κ1) is 16.2. The summed E-state index contributed by atoms with van der Waals surface area (Å²) in [5.74, 6) is -0.198. The molecule has 1 rings (SSSR count). The Balaban J connectivity index is 2.72. The molecule has 1 atom stereocenters. The van der Waals surface area contributed by atoms with Gasteiger partial charge in [0.25, 0.3) is 0 Å². The quantitative estimate of drug-likeness (QED) is 0.472. The number of hydrogen-bond acceptors (Lipinski definition) is 4. The van der Waals surface area contributed by atoms with Crippen molar-refractivity contribution in [1.29, 1.82) is 0 Å². The number of hydroxylamine groups is 2. The summed E-state index contributed by atoms with van der Waals surface area (Å²) >= 11 is 2.19. The van der Waals surface area contributed by atoms with Crippen LogP contribution < -0.4 is 0 Å². The fourth-order valence-electron chi connectivity index (χ4n) is 2.61. The molecule has 0 spiro atoms. The normalized spacial score (nSPS) is 25.7. The van der Waals surface area contributed by atoms with E-state index in [2.05, 4.69) is 22.6 Å². The summed E-state index contributed by atoms with van der Waals surface area (Å²) in [5, 5.41) is 11.6. The van der Waals surface area contributed by atoms with Gasteiger partial charge in [-0.2, -0.15) is 5.06 Å². The SMILES string of the molecule is CC(CI)C(=O)OC1CC(C)(C)N(O)C(C)(C)C1. The van der Waals surface area contributed by atoms with E-state index >= 15 is 0 Å². The second-order valence-corrected chi connectivity index (χ2v) is 7.34. The Bertz CT molecular complexity index is 299. The molecule has 0 saturated carbocycles. The van der Waals surface area contributed by atoms with Crippen LogP contribution in [0, 0.1) is 5.92 Å². The van der Waals surface area contributed by atoms with Crippen molar-refractivity contribution >= 4 is 28.6 Å². The number of piperidine rings is 1. The zero-order valence-electron chi connectivity index (χ0n) is 11.9. The fraction of sp³-hybridized carbons (Fsp3) is 0.923. The van der Waals surface area contributed by atoms with Crippen LogP contribution in [-0.4, -0.2) is 37.8 Å². The average molecular weight is 369 g/mol. The Kier molecular flexibility index (Phi) is 5.06. The molecular weight excluding hydrogens is 345 g/mol. The zero-order chi connectivity index (χ0) is 14.1. The number of halogens is 1. The molecule has 18 heavy (non-hydrogen) atoms. The van der Waals surface area contributed by atoms with Crippen molar-refractivity contribution in [2.24, 2.45) is 5.92 Å². The van der Waals surface area contributed by atoms with Gasteiger partial charge in [-0.15, -0.1) is 0 Å². The van der Waals surface area contributed by atoms with E-state index in [0.717, 1.165) is 4.43 Å². The monoisotopic (exact) mass is 369 g/mol. The van der Waals surface area contributed by atoms with E-state index in [4.69, 9.17) is 4.74 Å². The molecule has 1 saturated heterocycles. The van der Waals surface area contributed by atoms with Crippen LogP contribution in [0.1, 0.15) is 47.5 Å². The van der Waals surface area contributed by atoms with Gasteiger partial charge in [0.1, 0.15) is 6.10 Å². The van der Waals surface area contributed by atoms with Crippen molar-refractivity contribution < 1.29 is 14.7 Å². The first-order valence-electron chi connectivity index (χ1n) is 6.36. The minimum absolute atomic E-state index is 0.0658. The molecule has 5 heteroatoms. The molecule has 1 unspecified atom stereocenters. The smallest absolute Gasteiger partial charge is 0.309 e. The number of alkyl halides is 1. The average Bonchev–Trinajstić information content (AvgIpc) is 2.23. The summed E-state index contributed by atoms with van der Waals surface area (Å²) in [6.07, 6.45) is 1.20. The highest BCUT2D eigenvalue weighted by Crippen LogP contribution is 2.38. The topological polar surface area (TPSA) is 49.8 Å². The van der Waals surface area contributed by atoms with Crippen LogP contribution in [-0.2, 0) is 9.53 Å². The molecule has 106 valence electrons. The van der Waals surface area contributed by atoms with Crippen molar-refractivity contribution in [3.63, 3.8) is 0 Å². The maximum atomic E-state index is 11.8. The second kappa shape index (κ2) is 5.63. The molecule has 0 radical (unpaired) electrons. The summed E-state index contributed by atoms with van der Waals surface area (Å²) in [4.78, 5) is 11.8. The lowest BCUT2D eigenvalue weighted by molar-refractivity contribution is -0.259. The van der Waals surface area contributed by atoms with Crippen LogP contribution in [0.3, 0.4) is 0 Å². The minimum atomic E-state index is -0.375. The van der Waals surface area contributed by atoms with E-state index in [0.29, 0.717) is 12.8 Å². The van der Waals surface area contributed by atoms with E-state index in [1.165, 1.54) is 5.06 Å². The van der Waals surface area contributed by atoms with Crippen molar-refractivity contribution in [2.45, 2.75) is 64.6 Å². The van der Waals surface area contributed by atoms with Crippen LogP contribution in [0.4, 0.5) is 0 Å². The molecule has 0 amide bonds. The molecule has 4 nitrogen and oxygen atoms in total. The fourth-order valence-corrected chi connectivity index (χ4v) is 2.97. The molecule has 0 bridgehead atoms. The molecule has 0 aromatic rings. The first-order chi connectivity index (χ1) is 8.10. The van der Waals surface area contributed by atoms with Crippen molar-refractivity contribution in [3.8, 4) is 0 Å². The van der Waals surface area contributed by atoms with Gasteiger partial charge < -0.3 is 9.94 Å². The number of hydrogen-bond donors (Lipinski definition) is 1. The Labute approximate surface area is 123 Å². The number of nitrogens with zero attached hydrogens (tertiary/aromatic N) is 1. The summed E-state index contributed by atoms with van der Waals surface area (Å²) in [7, 11) is 0. The van der Waals surface area contributed by atoms with E-state index in [1.807, 2.05) is 34.6 Å². The molecular formula is C13H24INO3. The number of esters is 1. The standard InChI is InChI=1S/C13H24INO3/c1-9(8-14)11(16)18-10-6-12(2,3)15(17)13(4,5)7-10/h9-10,17H,6-8H2,1-5H3. The molecule has 1 fully saturated rings. The van der Waals surface area contributed by atoms with Crippen molar-refractivity contribution in [1.82, 2.24) is 5.06 Å². The van der Waals surface area contributed by atoms with Gasteiger partial charge >= 0.3 is 5.97 Å². The van der Waals surface area contributed by atoms with Crippen LogP contribution in [0.25, 0.3) is 0 Å². The largest absolute Gasteiger partial charge is 0.462 e. The van der Waals surface area contributed by atoms with Crippen LogP contribution in [0.2, 0.25) is 0 Å². The van der Waals surface area contributed by atoms with Crippen molar-refractivity contribution in [2.75, 3.05) is 4.43 Å². The summed E-state index contributed by atoms with van der Waals surface area (Å²) in [6, 6.07) is 0. The van der Waals surface area contributed by atoms with Gasteiger partial charge in [-0.05, 0) is 27.7 Å². The van der Waals surface area contributed by atoms with E-state index < -0.39 is 0 Å². The van der Waals surface area contributed by atoms with Crippen LogP contribution in [0.5, 0.6) is 0 Å². The number of rotatable bonds is 3. The van der Waals surface area contributed by atoms with Crippen LogP contribution in [0.15, 0.2) is 0 Å². The molecule has 0 aromatic heterocycles. The summed E-state index contributed by atoms with van der Waals surface area (Å²) in [5.41, 5.74) is -0.749. The van der Waals surface area contributed by atoms with Crippen LogP contribution >= 0.6 is 22.6 Å². The summed E-state index contributed by atoms with van der Waals surface area (Å²) < 4.78 is 6.35. The predicted molar refractivity (Wildman–Crippen MR) is 78.9 cm³/mol. The van der Waals surface area contributed by atoms with Gasteiger partial charge in [-0.1, -0.05) is 29.5 Å². The maximum absolute atomic E-state index is 11.8. The highest BCUT2D eigenvalue weighted by atomic mass is 127. The van der Waals surface area contributed by atoms with E-state index in [1.54, 1.807) is 0 Å². The van der Waals surface area contributed by atoms with E-state index in [-0.39, 0.29) is 29.1 Å². The molecule has 1 aliphatic rings. The summed E-state index contributed by atoms with van der Waals surface area (Å²) in [6.45, 7) is 9.76. The third kappa shape index (κ3) is 3.57. The molecule has 0 aromatic carbocycles. The van der Waals surface area contributed by atoms with Gasteiger partial charge in [0.05, 0.1) is 5.92 Å². The third-order valence-electron chi connectivity index (χ3n) is 3.52. The van der Waals surface area contributed by atoms with E-state index in [9.17, 15) is 10.0 Å². The van der Waals surface area contributed by atoms with Gasteiger partial charge in [0.2, 0.25) is 0 Å². The minimum Gasteiger partial charge on any atom is -0.462 e. The molecule has 1 heterocycles. The predicted octanol–water partition coefficient (Wildman–Crippen LogP) is 3.01. The number of carbonyl (C=O) groups excluding carboxylic acids is 1. The molecule has 0 aliphatic carbocycles. The lowest BCUT2D eigenvalue weighted by Gasteiger charge is -2.51. The molecule has 1 N–H and O–H groups in total. The first-order valence-corrected chi connectivity index (χ1v) is 7.88. The zero-order valence-corrected chi connectivity index (χ0v) is 14.0. The van der Waals surface area contributed by atoms with Crippen molar-refractivity contribution in [3.05, 3.63) is 0 Å². The highest BCUT2D eigenvalue weighted by molar-refractivity contribution is 14.1. The molecule has 1 aliphatic heterocycles. The van der Waals surface area contributed by atoms with Gasteiger partial charge in [0, 0.05) is 28.3 Å². The third-order valence-corrected chi connectivity index (χ3v) is 4.84. The Morgan fingerprint density at radius 2 is 1.83 bits per heavy atom. The lowest BCUT2D eigenvalue weighted by atomic mass is 9.80. The Hall–Kier alpha value is 0.120. The highest BCUT2D eigenvalue weighted by Gasteiger charge is 2.46. The Morgan fingerprint density at radius 1 is 1.39 bits per heavy atom. The second-order valence-electron chi connectivity index (χ2n) is 6.46.